The van der Waals surface area contributed by atoms with Crippen molar-refractivity contribution in [3.8, 4) is 16.9 Å². The maximum Gasteiger partial charge on any atom is 0.255 e. The van der Waals surface area contributed by atoms with E-state index in [0.29, 0.717) is 93.9 Å². The van der Waals surface area contributed by atoms with Crippen LogP contribution in [0.1, 0.15) is 89.8 Å². The standard InChI is InChI=1S/C48H59FN4O9S/c1-32-5-13-40(4-2-3-35-28-38(35)27-32)62-25-24-61-23-22-60-21-20-59-19-18-58-17-15-50-45(55)34-8-6-33(7-9-34)36-10-11-37-31-53(47(57)41(37)29-36)44(42-30-39(49)12-14-43(42)54)46(56)52-48-51-16-26-63-48/h6-12,14,16,26,29-30,32,35,38,40,44,54H,2-5,13,15,17-25,27-28,31H2,1H3,(H,50,55)(H,51,52,56). The summed E-state index contributed by atoms with van der Waals surface area (Å²) < 4.78 is 43.0. The van der Waals surface area contributed by atoms with Gasteiger partial charge < -0.3 is 39.0 Å². The Hall–Kier alpha value is -4.77. The van der Waals surface area contributed by atoms with E-state index in [0.717, 1.165) is 53.5 Å². The molecule has 1 aliphatic heterocycles. The number of phenols is 1. The quantitative estimate of drug-likeness (QED) is 0.0666. The lowest BCUT2D eigenvalue weighted by Gasteiger charge is -2.27. The minimum absolute atomic E-state index is 0.0404. The van der Waals surface area contributed by atoms with Crippen molar-refractivity contribution in [1.29, 1.82) is 0 Å². The molecule has 0 spiro atoms. The Bertz CT molecular complexity index is 2110. The Morgan fingerprint density at radius 2 is 1.56 bits per heavy atom. The summed E-state index contributed by atoms with van der Waals surface area (Å²) in [4.78, 5) is 45.6. The van der Waals surface area contributed by atoms with E-state index in [2.05, 4.69) is 22.5 Å². The number of carbonyl (C=O) groups excluding carboxylic acids is 3. The lowest BCUT2D eigenvalue weighted by atomic mass is 9.92. The van der Waals surface area contributed by atoms with Gasteiger partial charge in [-0.15, -0.1) is 11.3 Å². The lowest BCUT2D eigenvalue weighted by Crippen LogP contribution is -2.37. The number of halogens is 1. The predicted molar refractivity (Wildman–Crippen MR) is 237 cm³/mol. The summed E-state index contributed by atoms with van der Waals surface area (Å²) in [6.45, 7) is 7.10. The van der Waals surface area contributed by atoms with Gasteiger partial charge in [-0.1, -0.05) is 44.0 Å². The number of thiazole rings is 1. The van der Waals surface area contributed by atoms with Crippen molar-refractivity contribution in [1.82, 2.24) is 15.2 Å². The van der Waals surface area contributed by atoms with Crippen molar-refractivity contribution in [2.75, 3.05) is 71.3 Å². The number of nitrogens with zero attached hydrogens (tertiary/aromatic N) is 2. The molecule has 0 bridgehead atoms. The molecule has 3 aromatic carbocycles. The molecule has 4 aromatic rings. The molecule has 7 rings (SSSR count). The number of phenolic OH excluding ortho intramolecular Hbond substituents is 1. The third-order valence-electron chi connectivity index (χ3n) is 12.0. The summed E-state index contributed by atoms with van der Waals surface area (Å²) in [6.07, 6.45) is 11.0. The average Bonchev–Trinajstić information content (AvgIpc) is 3.64. The maximum atomic E-state index is 14.4. The van der Waals surface area contributed by atoms with Gasteiger partial charge in [0.15, 0.2) is 5.13 Å². The van der Waals surface area contributed by atoms with Crippen LogP contribution in [0.25, 0.3) is 11.1 Å². The number of amides is 3. The number of carbonyl (C=O) groups is 3. The molecule has 3 N–H and O–H groups in total. The van der Waals surface area contributed by atoms with E-state index in [-0.39, 0.29) is 23.8 Å². The lowest BCUT2D eigenvalue weighted by molar-refractivity contribution is -0.120. The number of rotatable bonds is 22. The van der Waals surface area contributed by atoms with Gasteiger partial charge >= 0.3 is 0 Å². The zero-order chi connectivity index (χ0) is 44.0. The van der Waals surface area contributed by atoms with Gasteiger partial charge in [0.05, 0.1) is 65.6 Å². The van der Waals surface area contributed by atoms with Gasteiger partial charge in [0.25, 0.3) is 17.7 Å². The third kappa shape index (κ3) is 13.4. The molecule has 3 amide bonds. The van der Waals surface area contributed by atoms with E-state index in [4.69, 9.17) is 23.7 Å². The van der Waals surface area contributed by atoms with Crippen LogP contribution in [0.4, 0.5) is 9.52 Å². The number of hydrogen-bond donors (Lipinski definition) is 3. The van der Waals surface area contributed by atoms with Crippen LogP contribution in [0.2, 0.25) is 0 Å². The molecule has 3 aliphatic rings. The first kappa shape index (κ1) is 46.2. The molecule has 0 radical (unpaired) electrons. The number of anilines is 1. The molecule has 338 valence electrons. The van der Waals surface area contributed by atoms with Crippen LogP contribution in [-0.2, 0) is 35.0 Å². The third-order valence-corrected chi connectivity index (χ3v) is 12.7. The first-order valence-electron chi connectivity index (χ1n) is 22.2. The number of benzene rings is 3. The molecule has 15 heteroatoms. The molecule has 5 unspecified atom stereocenters. The van der Waals surface area contributed by atoms with E-state index in [1.165, 1.54) is 61.0 Å². The van der Waals surface area contributed by atoms with E-state index in [9.17, 15) is 23.9 Å². The van der Waals surface area contributed by atoms with Crippen LogP contribution in [0.15, 0.2) is 72.2 Å². The molecule has 2 heterocycles. The maximum absolute atomic E-state index is 14.4. The Morgan fingerprint density at radius 3 is 2.29 bits per heavy atom. The highest BCUT2D eigenvalue weighted by Crippen LogP contribution is 2.47. The number of hydrogen-bond acceptors (Lipinski definition) is 11. The Labute approximate surface area is 372 Å². The van der Waals surface area contributed by atoms with Gasteiger partial charge in [-0.2, -0.15) is 0 Å². The second kappa shape index (κ2) is 23.2. The van der Waals surface area contributed by atoms with Crippen LogP contribution >= 0.6 is 11.3 Å². The fourth-order valence-corrected chi connectivity index (χ4v) is 9.06. The van der Waals surface area contributed by atoms with E-state index in [1.807, 2.05) is 6.07 Å². The second-order valence-corrected chi connectivity index (χ2v) is 17.5. The number of fused-ring (bicyclic) bond motifs is 2. The summed E-state index contributed by atoms with van der Waals surface area (Å²) in [6, 6.07) is 14.4. The minimum Gasteiger partial charge on any atom is -0.508 e. The number of nitrogens with one attached hydrogen (secondary N) is 2. The molecule has 2 fully saturated rings. The zero-order valence-electron chi connectivity index (χ0n) is 35.9. The summed E-state index contributed by atoms with van der Waals surface area (Å²) in [5.74, 6) is 0.492. The zero-order valence-corrected chi connectivity index (χ0v) is 36.8. The highest BCUT2D eigenvalue weighted by Gasteiger charge is 2.40. The fraction of sp³-hybridized carbons (Fsp3) is 0.500. The van der Waals surface area contributed by atoms with Crippen molar-refractivity contribution >= 4 is 34.2 Å². The first-order chi connectivity index (χ1) is 30.7. The molecule has 63 heavy (non-hydrogen) atoms. The Kier molecular flexibility index (Phi) is 17.1. The van der Waals surface area contributed by atoms with Gasteiger partial charge in [0.2, 0.25) is 0 Å². The van der Waals surface area contributed by atoms with E-state index in [1.54, 1.807) is 41.8 Å². The molecule has 13 nitrogen and oxygen atoms in total. The molecule has 2 saturated carbocycles. The topological polar surface area (TPSA) is 158 Å². The smallest absolute Gasteiger partial charge is 0.255 e. The largest absolute Gasteiger partial charge is 0.508 e. The van der Waals surface area contributed by atoms with Crippen molar-refractivity contribution < 1.29 is 47.6 Å². The van der Waals surface area contributed by atoms with Crippen LogP contribution in [-0.4, -0.2) is 105 Å². The first-order valence-corrected chi connectivity index (χ1v) is 23.0. The van der Waals surface area contributed by atoms with Crippen LogP contribution in [0.3, 0.4) is 0 Å². The monoisotopic (exact) mass is 886 g/mol. The molecular formula is C48H59FN4O9S. The Morgan fingerprint density at radius 1 is 0.841 bits per heavy atom. The minimum atomic E-state index is -1.33. The van der Waals surface area contributed by atoms with Crippen molar-refractivity contribution in [2.45, 2.75) is 70.6 Å². The average molecular weight is 887 g/mol. The SMILES string of the molecule is CC1CCC(OCCOCCOCCOCCOCCNC(=O)c2ccc(-c3ccc4c(c3)C(=O)N(C(C(=O)Nc3nccs3)c3cc(F)ccc3O)C4)cc2)CCCC2CC2C1. The van der Waals surface area contributed by atoms with Gasteiger partial charge in [0.1, 0.15) is 17.6 Å². The van der Waals surface area contributed by atoms with Gasteiger partial charge in [-0.05, 0) is 103 Å². The van der Waals surface area contributed by atoms with Gasteiger partial charge in [0, 0.05) is 41.4 Å². The molecule has 0 saturated heterocycles. The van der Waals surface area contributed by atoms with Gasteiger partial charge in [-0.3, -0.25) is 19.7 Å². The molecule has 5 atom stereocenters. The van der Waals surface area contributed by atoms with Gasteiger partial charge in [-0.25, -0.2) is 9.37 Å². The molecule has 1 aromatic heterocycles. The van der Waals surface area contributed by atoms with E-state index >= 15 is 0 Å². The number of aromatic nitrogens is 1. The summed E-state index contributed by atoms with van der Waals surface area (Å²) >= 11 is 1.19. The highest BCUT2D eigenvalue weighted by atomic mass is 32.1. The van der Waals surface area contributed by atoms with Crippen molar-refractivity contribution in [3.05, 3.63) is 100 Å². The van der Waals surface area contributed by atoms with Crippen molar-refractivity contribution in [2.24, 2.45) is 17.8 Å². The second-order valence-electron chi connectivity index (χ2n) is 16.6. The summed E-state index contributed by atoms with van der Waals surface area (Å²) in [7, 11) is 0. The molecule has 2 aliphatic carbocycles. The fourth-order valence-electron chi connectivity index (χ4n) is 8.53. The van der Waals surface area contributed by atoms with E-state index < -0.39 is 23.7 Å². The predicted octanol–water partition coefficient (Wildman–Crippen LogP) is 7.80. The number of ether oxygens (including phenoxy) is 5. The Balaban J connectivity index is 0.749. The van der Waals surface area contributed by atoms with Crippen LogP contribution < -0.4 is 10.6 Å². The normalized spacial score (nSPS) is 20.2. The summed E-state index contributed by atoms with van der Waals surface area (Å²) in [5, 5.41) is 18.2. The van der Waals surface area contributed by atoms with Crippen molar-refractivity contribution in [3.63, 3.8) is 0 Å². The number of aromatic hydroxyl groups is 1. The molecular weight excluding hydrogens is 828 g/mol. The van der Waals surface area contributed by atoms with Crippen LogP contribution in [0.5, 0.6) is 5.75 Å². The summed E-state index contributed by atoms with van der Waals surface area (Å²) in [5.41, 5.74) is 2.99. The highest BCUT2D eigenvalue weighted by molar-refractivity contribution is 7.13. The van der Waals surface area contributed by atoms with Crippen LogP contribution in [0, 0.1) is 23.6 Å².